The first-order chi connectivity index (χ1) is 11.8. The normalized spacial score (nSPS) is 11.3. The number of aryl methyl sites for hydroxylation is 2. The number of nitrogens with one attached hydrogen (secondary N) is 2. The Balaban J connectivity index is 2.28. The van der Waals surface area contributed by atoms with Crippen LogP contribution < -0.4 is 10.0 Å². The number of nitrogens with zero attached hydrogens (tertiary/aromatic N) is 1. The van der Waals surface area contributed by atoms with Crippen LogP contribution in [0.5, 0.6) is 0 Å². The first-order valence-electron chi connectivity index (χ1n) is 7.46. The molecule has 0 bridgehead atoms. The number of halogens is 1. The van der Waals surface area contributed by atoms with Crippen LogP contribution in [0.2, 0.25) is 0 Å². The van der Waals surface area contributed by atoms with Gasteiger partial charge in [-0.25, -0.2) is 22.5 Å². The van der Waals surface area contributed by atoms with Crippen molar-refractivity contribution < 1.29 is 17.6 Å². The van der Waals surface area contributed by atoms with Crippen LogP contribution in [0.25, 0.3) is 0 Å². The van der Waals surface area contributed by atoms with Crippen molar-refractivity contribution in [1.82, 2.24) is 9.71 Å². The number of sulfonamides is 1. The van der Waals surface area contributed by atoms with E-state index in [0.717, 1.165) is 29.1 Å². The average Bonchev–Trinajstić information content (AvgIpc) is 2.92. The summed E-state index contributed by atoms with van der Waals surface area (Å²) in [6.07, 6.45) is 2.08. The molecule has 0 atom stereocenters. The molecule has 1 aromatic heterocycles. The van der Waals surface area contributed by atoms with Crippen LogP contribution in [-0.2, 0) is 16.4 Å². The van der Waals surface area contributed by atoms with Crippen molar-refractivity contribution in [2.75, 3.05) is 11.9 Å². The van der Waals surface area contributed by atoms with E-state index in [9.17, 15) is 17.6 Å². The zero-order valence-corrected chi connectivity index (χ0v) is 15.4. The second-order valence-corrected chi connectivity index (χ2v) is 8.05. The molecule has 2 rings (SSSR count). The number of hydrogen-bond acceptors (Lipinski definition) is 5. The number of thiazole rings is 1. The van der Waals surface area contributed by atoms with Gasteiger partial charge in [0, 0.05) is 17.0 Å². The van der Waals surface area contributed by atoms with Crippen LogP contribution in [-0.4, -0.2) is 25.9 Å². The Labute approximate surface area is 149 Å². The standard InChI is InChI=1S/C16H18FN3O3S2/c1-4-8-18-25(22,23)14-9-11(6-7-12(14)17)15(21)20-16-19-13(5-2)10(3)24-16/h4,6-7,9,18H,1,5,8H2,2-3H3,(H,19,20,21). The quantitative estimate of drug-likeness (QED) is 0.720. The Bertz CT molecular complexity index is 907. The maximum atomic E-state index is 13.9. The molecule has 0 spiro atoms. The molecule has 6 nitrogen and oxygen atoms in total. The van der Waals surface area contributed by atoms with Gasteiger partial charge < -0.3 is 0 Å². The van der Waals surface area contributed by atoms with E-state index < -0.39 is 26.6 Å². The van der Waals surface area contributed by atoms with Crippen LogP contribution in [0.1, 0.15) is 27.9 Å². The summed E-state index contributed by atoms with van der Waals surface area (Å²) in [5, 5.41) is 3.02. The molecule has 0 aliphatic carbocycles. The first-order valence-corrected chi connectivity index (χ1v) is 9.76. The molecule has 1 amide bonds. The molecular weight excluding hydrogens is 365 g/mol. The fraction of sp³-hybridized carbons (Fsp3) is 0.250. The van der Waals surface area contributed by atoms with E-state index in [1.807, 2.05) is 13.8 Å². The van der Waals surface area contributed by atoms with Gasteiger partial charge in [0.15, 0.2) is 5.13 Å². The maximum Gasteiger partial charge on any atom is 0.257 e. The minimum atomic E-state index is -4.08. The fourth-order valence-electron chi connectivity index (χ4n) is 2.08. The van der Waals surface area contributed by atoms with Gasteiger partial charge in [0.2, 0.25) is 10.0 Å². The Kier molecular flexibility index (Phi) is 6.04. The topological polar surface area (TPSA) is 88.2 Å². The zero-order chi connectivity index (χ0) is 18.6. The smallest absolute Gasteiger partial charge is 0.257 e. The third kappa shape index (κ3) is 4.50. The van der Waals surface area contributed by atoms with Crippen molar-refractivity contribution in [3.63, 3.8) is 0 Å². The lowest BCUT2D eigenvalue weighted by molar-refractivity contribution is 0.102. The van der Waals surface area contributed by atoms with E-state index in [1.54, 1.807) is 0 Å². The number of rotatable bonds is 7. The minimum absolute atomic E-state index is 0.0197. The summed E-state index contributed by atoms with van der Waals surface area (Å²) < 4.78 is 40.3. The monoisotopic (exact) mass is 383 g/mol. The molecule has 2 N–H and O–H groups in total. The molecule has 9 heteroatoms. The van der Waals surface area contributed by atoms with Gasteiger partial charge in [-0.2, -0.15) is 0 Å². The first kappa shape index (κ1) is 19.2. The van der Waals surface area contributed by atoms with E-state index in [0.29, 0.717) is 5.13 Å². The highest BCUT2D eigenvalue weighted by Crippen LogP contribution is 2.23. The summed E-state index contributed by atoms with van der Waals surface area (Å²) in [5.41, 5.74) is 0.905. The number of hydrogen-bond donors (Lipinski definition) is 2. The summed E-state index contributed by atoms with van der Waals surface area (Å²) in [6, 6.07) is 3.16. The summed E-state index contributed by atoms with van der Waals surface area (Å²) in [6.45, 7) is 7.21. The molecule has 0 unspecified atom stereocenters. The van der Waals surface area contributed by atoms with Crippen molar-refractivity contribution in [2.24, 2.45) is 0 Å². The molecule has 25 heavy (non-hydrogen) atoms. The van der Waals surface area contributed by atoms with Crippen LogP contribution in [0.4, 0.5) is 9.52 Å². The molecule has 1 heterocycles. The van der Waals surface area contributed by atoms with Gasteiger partial charge in [-0.3, -0.25) is 10.1 Å². The lowest BCUT2D eigenvalue weighted by Gasteiger charge is -2.08. The zero-order valence-electron chi connectivity index (χ0n) is 13.8. The van der Waals surface area contributed by atoms with Gasteiger partial charge in [0.05, 0.1) is 5.69 Å². The van der Waals surface area contributed by atoms with Crippen molar-refractivity contribution in [2.45, 2.75) is 25.2 Å². The van der Waals surface area contributed by atoms with Gasteiger partial charge in [-0.1, -0.05) is 13.0 Å². The average molecular weight is 383 g/mol. The molecule has 0 saturated heterocycles. The van der Waals surface area contributed by atoms with E-state index in [-0.39, 0.29) is 12.1 Å². The second-order valence-electron chi connectivity index (χ2n) is 5.12. The van der Waals surface area contributed by atoms with Crippen LogP contribution in [0.3, 0.4) is 0 Å². The minimum Gasteiger partial charge on any atom is -0.298 e. The number of benzene rings is 1. The maximum absolute atomic E-state index is 13.9. The highest BCUT2D eigenvalue weighted by atomic mass is 32.2. The summed E-state index contributed by atoms with van der Waals surface area (Å²) in [7, 11) is -4.08. The number of anilines is 1. The molecule has 0 aliphatic heterocycles. The van der Waals surface area contributed by atoms with Gasteiger partial charge in [-0.15, -0.1) is 17.9 Å². The molecule has 0 saturated carbocycles. The SMILES string of the molecule is C=CCNS(=O)(=O)c1cc(C(=O)Nc2nc(CC)c(C)s2)ccc1F. The van der Waals surface area contributed by atoms with Crippen molar-refractivity contribution in [3.8, 4) is 0 Å². The highest BCUT2D eigenvalue weighted by Gasteiger charge is 2.21. The Morgan fingerprint density at radius 2 is 2.16 bits per heavy atom. The second kappa shape index (κ2) is 7.85. The number of aromatic nitrogens is 1. The van der Waals surface area contributed by atoms with Crippen molar-refractivity contribution in [3.05, 3.63) is 52.8 Å². The fourth-order valence-corrected chi connectivity index (χ4v) is 4.07. The number of carbonyl (C=O) groups excluding carboxylic acids is 1. The van der Waals surface area contributed by atoms with Crippen molar-refractivity contribution in [1.29, 1.82) is 0 Å². The number of amides is 1. The van der Waals surface area contributed by atoms with Gasteiger partial charge in [0.25, 0.3) is 5.91 Å². The van der Waals surface area contributed by atoms with Gasteiger partial charge in [0.1, 0.15) is 10.7 Å². The Hall–Kier alpha value is -2.10. The molecule has 0 fully saturated rings. The van der Waals surface area contributed by atoms with Crippen molar-refractivity contribution >= 4 is 32.4 Å². The van der Waals surface area contributed by atoms with E-state index in [2.05, 4.69) is 21.6 Å². The molecule has 0 aliphatic rings. The van der Waals surface area contributed by atoms with Gasteiger partial charge >= 0.3 is 0 Å². The number of carbonyl (C=O) groups is 1. The summed E-state index contributed by atoms with van der Waals surface area (Å²) >= 11 is 1.33. The van der Waals surface area contributed by atoms with E-state index >= 15 is 0 Å². The van der Waals surface area contributed by atoms with E-state index in [1.165, 1.54) is 23.5 Å². The summed E-state index contributed by atoms with van der Waals surface area (Å²) in [5.74, 6) is -1.50. The highest BCUT2D eigenvalue weighted by molar-refractivity contribution is 7.89. The predicted octanol–water partition coefficient (Wildman–Crippen LogP) is 2.87. The third-order valence-electron chi connectivity index (χ3n) is 3.35. The Morgan fingerprint density at radius 3 is 2.76 bits per heavy atom. The molecule has 1 aromatic carbocycles. The lowest BCUT2D eigenvalue weighted by Crippen LogP contribution is -2.25. The molecular formula is C16H18FN3O3S2. The van der Waals surface area contributed by atoms with Crippen LogP contribution >= 0.6 is 11.3 Å². The predicted molar refractivity (Wildman–Crippen MR) is 96.0 cm³/mol. The summed E-state index contributed by atoms with van der Waals surface area (Å²) in [4.78, 5) is 17.0. The lowest BCUT2D eigenvalue weighted by atomic mass is 10.2. The molecule has 2 aromatic rings. The largest absolute Gasteiger partial charge is 0.298 e. The van der Waals surface area contributed by atoms with Crippen LogP contribution in [0.15, 0.2) is 35.7 Å². The third-order valence-corrected chi connectivity index (χ3v) is 5.72. The molecule has 0 radical (unpaired) electrons. The molecule has 134 valence electrons. The van der Waals surface area contributed by atoms with Crippen LogP contribution in [0, 0.1) is 12.7 Å². The van der Waals surface area contributed by atoms with E-state index in [4.69, 9.17) is 0 Å². The van der Waals surface area contributed by atoms with Gasteiger partial charge in [-0.05, 0) is 31.5 Å². The Morgan fingerprint density at radius 1 is 1.44 bits per heavy atom.